The van der Waals surface area contributed by atoms with Crippen LogP contribution >= 0.6 is 0 Å². The first-order chi connectivity index (χ1) is 10.2. The summed E-state index contributed by atoms with van der Waals surface area (Å²) in [5, 5.41) is 0. The lowest BCUT2D eigenvalue weighted by atomic mass is 9.89. The van der Waals surface area contributed by atoms with Crippen LogP contribution in [0.4, 0.5) is 0 Å². The summed E-state index contributed by atoms with van der Waals surface area (Å²) in [5.41, 5.74) is 5.39. The molecule has 1 aliphatic rings. The molecule has 1 aliphatic carbocycles. The number of pyridine rings is 1. The van der Waals surface area contributed by atoms with Gasteiger partial charge in [0.15, 0.2) is 0 Å². The van der Waals surface area contributed by atoms with E-state index < -0.39 is 0 Å². The molecule has 1 nitrogen and oxygen atoms in total. The van der Waals surface area contributed by atoms with Crippen molar-refractivity contribution in [2.24, 2.45) is 5.92 Å². The lowest BCUT2D eigenvalue weighted by Crippen LogP contribution is -2.04. The van der Waals surface area contributed by atoms with Crippen molar-refractivity contribution in [1.29, 1.82) is 0 Å². The average Bonchev–Trinajstić information content (AvgIpc) is 3.02. The van der Waals surface area contributed by atoms with Gasteiger partial charge in [-0.2, -0.15) is 0 Å². The van der Waals surface area contributed by atoms with Gasteiger partial charge in [0.25, 0.3) is 0 Å². The molecule has 2 aromatic rings. The van der Waals surface area contributed by atoms with E-state index in [2.05, 4.69) is 56.4 Å². The Kier molecular flexibility index (Phi) is 4.38. The summed E-state index contributed by atoms with van der Waals surface area (Å²) in [5.74, 6) is 1.44. The maximum absolute atomic E-state index is 4.73. The normalized spacial score (nSPS) is 15.8. The van der Waals surface area contributed by atoms with E-state index in [4.69, 9.17) is 4.98 Å². The molecule has 1 heteroatoms. The molecular weight excluding hydrogens is 254 g/mol. The van der Waals surface area contributed by atoms with Crippen molar-refractivity contribution in [1.82, 2.24) is 4.98 Å². The Hall–Kier alpha value is -1.63. The summed E-state index contributed by atoms with van der Waals surface area (Å²) >= 11 is 0. The highest BCUT2D eigenvalue weighted by molar-refractivity contribution is 5.60. The Morgan fingerprint density at radius 1 is 1.10 bits per heavy atom. The third-order valence-corrected chi connectivity index (χ3v) is 4.52. The van der Waals surface area contributed by atoms with Crippen molar-refractivity contribution in [3.63, 3.8) is 0 Å². The summed E-state index contributed by atoms with van der Waals surface area (Å²) < 4.78 is 0. The number of aromatic nitrogens is 1. The van der Waals surface area contributed by atoms with Crippen LogP contribution < -0.4 is 0 Å². The molecule has 0 spiro atoms. The van der Waals surface area contributed by atoms with Crippen LogP contribution in [0.5, 0.6) is 0 Å². The zero-order chi connectivity index (χ0) is 14.7. The fraction of sp³-hybridized carbons (Fsp3) is 0.450. The van der Waals surface area contributed by atoms with E-state index in [-0.39, 0.29) is 0 Å². The maximum Gasteiger partial charge on any atom is 0.0705 e. The van der Waals surface area contributed by atoms with Gasteiger partial charge in [0, 0.05) is 11.8 Å². The highest BCUT2D eigenvalue weighted by Gasteiger charge is 2.21. The molecule has 110 valence electrons. The molecule has 1 heterocycles. The predicted octanol–water partition coefficient (Wildman–Crippen LogP) is 5.60. The molecule has 0 radical (unpaired) electrons. The minimum Gasteiger partial charge on any atom is -0.256 e. The van der Waals surface area contributed by atoms with E-state index in [0.29, 0.717) is 5.92 Å². The van der Waals surface area contributed by atoms with Crippen molar-refractivity contribution in [2.75, 3.05) is 0 Å². The number of benzene rings is 1. The fourth-order valence-corrected chi connectivity index (χ4v) is 3.49. The summed E-state index contributed by atoms with van der Waals surface area (Å²) in [7, 11) is 0. The van der Waals surface area contributed by atoms with Gasteiger partial charge in [0.1, 0.15) is 0 Å². The topological polar surface area (TPSA) is 12.9 Å². The molecule has 0 N–H and O–H groups in total. The van der Waals surface area contributed by atoms with E-state index in [9.17, 15) is 0 Å². The quantitative estimate of drug-likeness (QED) is 0.709. The lowest BCUT2D eigenvalue weighted by Gasteiger charge is -2.18. The van der Waals surface area contributed by atoms with Crippen molar-refractivity contribution in [3.8, 4) is 11.3 Å². The summed E-state index contributed by atoms with van der Waals surface area (Å²) in [4.78, 5) is 4.73. The third-order valence-electron chi connectivity index (χ3n) is 4.52. The van der Waals surface area contributed by atoms with Gasteiger partial charge in [-0.3, -0.25) is 4.98 Å². The van der Waals surface area contributed by atoms with Gasteiger partial charge in [0.2, 0.25) is 0 Å². The highest BCUT2D eigenvalue weighted by atomic mass is 14.7. The second kappa shape index (κ2) is 6.43. The molecule has 0 bridgehead atoms. The Labute approximate surface area is 128 Å². The second-order valence-corrected chi connectivity index (χ2v) is 6.71. The van der Waals surface area contributed by atoms with Gasteiger partial charge in [-0.1, -0.05) is 57.0 Å². The molecule has 21 heavy (non-hydrogen) atoms. The van der Waals surface area contributed by atoms with Crippen LogP contribution in [0.15, 0.2) is 42.6 Å². The minimum atomic E-state index is 0.689. The zero-order valence-corrected chi connectivity index (χ0v) is 13.2. The number of hydrogen-bond acceptors (Lipinski definition) is 1. The van der Waals surface area contributed by atoms with Gasteiger partial charge >= 0.3 is 0 Å². The number of nitrogens with zero attached hydrogens (tertiary/aromatic N) is 1. The van der Waals surface area contributed by atoms with Gasteiger partial charge in [-0.15, -0.1) is 0 Å². The molecule has 1 saturated carbocycles. The van der Waals surface area contributed by atoms with Crippen LogP contribution in [0.2, 0.25) is 0 Å². The average molecular weight is 279 g/mol. The van der Waals surface area contributed by atoms with E-state index in [1.54, 1.807) is 5.56 Å². The van der Waals surface area contributed by atoms with Crippen LogP contribution in [0.25, 0.3) is 11.3 Å². The molecule has 1 aromatic heterocycles. The van der Waals surface area contributed by atoms with Gasteiger partial charge in [-0.05, 0) is 48.3 Å². The smallest absolute Gasteiger partial charge is 0.0705 e. The Bertz CT molecular complexity index is 580. The first kappa shape index (κ1) is 14.3. The molecule has 0 aliphatic heterocycles. The van der Waals surface area contributed by atoms with Gasteiger partial charge in [-0.25, -0.2) is 0 Å². The first-order valence-electron chi connectivity index (χ1n) is 8.28. The standard InChI is InChI=1S/C20H25N/c1-15(2)12-18-14-21-20(17-10-4-3-5-11-17)13-19(18)16-8-6-7-9-16/h3-5,10-11,13-16H,6-9,12H2,1-2H3. The molecule has 0 unspecified atom stereocenters. The van der Waals surface area contributed by atoms with E-state index in [1.165, 1.54) is 36.8 Å². The molecule has 1 aromatic carbocycles. The number of hydrogen-bond donors (Lipinski definition) is 0. The SMILES string of the molecule is CC(C)Cc1cnc(-c2ccccc2)cc1C1CCCC1. The van der Waals surface area contributed by atoms with Crippen LogP contribution in [0, 0.1) is 5.92 Å². The zero-order valence-electron chi connectivity index (χ0n) is 13.2. The summed E-state index contributed by atoms with van der Waals surface area (Å²) in [6.45, 7) is 4.59. The molecule has 0 atom stereocenters. The van der Waals surface area contributed by atoms with Crippen LogP contribution in [-0.2, 0) is 6.42 Å². The van der Waals surface area contributed by atoms with E-state index in [0.717, 1.165) is 18.0 Å². The van der Waals surface area contributed by atoms with Gasteiger partial charge < -0.3 is 0 Å². The minimum absolute atomic E-state index is 0.689. The van der Waals surface area contributed by atoms with Crippen molar-refractivity contribution in [2.45, 2.75) is 51.9 Å². The van der Waals surface area contributed by atoms with Crippen molar-refractivity contribution < 1.29 is 0 Å². The third kappa shape index (κ3) is 3.34. The molecule has 0 amide bonds. The van der Waals surface area contributed by atoms with Crippen LogP contribution in [0.3, 0.4) is 0 Å². The van der Waals surface area contributed by atoms with Crippen molar-refractivity contribution >= 4 is 0 Å². The molecule has 3 rings (SSSR count). The first-order valence-corrected chi connectivity index (χ1v) is 8.28. The predicted molar refractivity (Wildman–Crippen MR) is 89.4 cm³/mol. The summed E-state index contributed by atoms with van der Waals surface area (Å²) in [6.07, 6.45) is 8.75. The second-order valence-electron chi connectivity index (χ2n) is 6.71. The van der Waals surface area contributed by atoms with Gasteiger partial charge in [0.05, 0.1) is 5.69 Å². The van der Waals surface area contributed by atoms with Crippen LogP contribution in [-0.4, -0.2) is 4.98 Å². The molecule has 1 fully saturated rings. The number of rotatable bonds is 4. The Morgan fingerprint density at radius 2 is 1.81 bits per heavy atom. The van der Waals surface area contributed by atoms with E-state index >= 15 is 0 Å². The van der Waals surface area contributed by atoms with E-state index in [1.807, 2.05) is 0 Å². The highest BCUT2D eigenvalue weighted by Crippen LogP contribution is 2.37. The Morgan fingerprint density at radius 3 is 2.48 bits per heavy atom. The van der Waals surface area contributed by atoms with Crippen molar-refractivity contribution in [3.05, 3.63) is 53.7 Å². The monoisotopic (exact) mass is 279 g/mol. The summed E-state index contributed by atoms with van der Waals surface area (Å²) in [6, 6.07) is 12.9. The lowest BCUT2D eigenvalue weighted by molar-refractivity contribution is 0.626. The fourth-order valence-electron chi connectivity index (χ4n) is 3.49. The maximum atomic E-state index is 4.73. The molecule has 0 saturated heterocycles. The Balaban J connectivity index is 1.99. The largest absolute Gasteiger partial charge is 0.256 e. The van der Waals surface area contributed by atoms with Crippen LogP contribution in [0.1, 0.15) is 56.6 Å². The molecular formula is C20H25N.